The van der Waals surface area contributed by atoms with Crippen molar-refractivity contribution in [1.82, 2.24) is 34.5 Å². The largest absolute Gasteiger partial charge is 0.309 e. The van der Waals surface area contributed by atoms with Gasteiger partial charge in [0.15, 0.2) is 34.9 Å². The fraction of sp³-hybridized carbons (Fsp3) is 0.0526. The van der Waals surface area contributed by atoms with E-state index in [4.69, 9.17) is 36.5 Å². The van der Waals surface area contributed by atoms with Gasteiger partial charge >= 0.3 is 0 Å². The number of allylic oxidation sites excluding steroid dienone is 7. The fourth-order valence-corrected chi connectivity index (χ4v) is 14.8. The highest BCUT2D eigenvalue weighted by molar-refractivity contribution is 6.18. The van der Waals surface area contributed by atoms with Gasteiger partial charge in [-0.2, -0.15) is 0 Å². The summed E-state index contributed by atoms with van der Waals surface area (Å²) in [6, 6.07) is 106. The maximum absolute atomic E-state index is 5.18. The molecule has 7 heteroatoms. The molecule has 12 aromatic carbocycles. The topological polar surface area (TPSA) is 82.3 Å². The SMILES string of the molecule is C=C/C(=C(\CCc1cccc(-c2nc(-c3ccccc3)nc(-c3ccccc3)n2)c1)c1cccc(C(=C)/C(=C(\C=C)c2cccc(-n3c4ccccc4c4cc5c(cc43)C(C)(C)c3ccccc3-5)c2)c2ccccc2)c1C=C)c1cccc(-c2nc(-c3ccccc3)nc(-c3ccccc3)n2)c1. The van der Waals surface area contributed by atoms with Crippen molar-refractivity contribution < 1.29 is 0 Å². The highest BCUT2D eigenvalue weighted by Crippen LogP contribution is 2.52. The Morgan fingerprint density at radius 2 is 0.833 bits per heavy atom. The summed E-state index contributed by atoms with van der Waals surface area (Å²) in [6.07, 6.45) is 7.20. The fourth-order valence-electron chi connectivity index (χ4n) is 14.8. The molecule has 7 nitrogen and oxygen atoms in total. The van der Waals surface area contributed by atoms with Crippen LogP contribution in [0.1, 0.15) is 70.3 Å². The zero-order chi connectivity index (χ0) is 69.3. The Hall–Kier alpha value is -13.1. The zero-order valence-electron chi connectivity index (χ0n) is 57.0. The van der Waals surface area contributed by atoms with Crippen LogP contribution < -0.4 is 0 Å². The summed E-state index contributed by atoms with van der Waals surface area (Å²) in [5, 5.41) is 2.43. The first-order chi connectivity index (χ1) is 50.1. The van der Waals surface area contributed by atoms with Gasteiger partial charge in [-0.25, -0.2) is 29.9 Å². The molecule has 3 heterocycles. The molecule has 0 aliphatic heterocycles. The van der Waals surface area contributed by atoms with Crippen LogP contribution in [0.3, 0.4) is 0 Å². The van der Waals surface area contributed by atoms with Gasteiger partial charge in [0.2, 0.25) is 0 Å². The summed E-state index contributed by atoms with van der Waals surface area (Å²) < 4.78 is 2.44. The first kappa shape index (κ1) is 63.6. The summed E-state index contributed by atoms with van der Waals surface area (Å²) in [6.45, 7) is 23.7. The van der Waals surface area contributed by atoms with E-state index in [-0.39, 0.29) is 5.41 Å². The van der Waals surface area contributed by atoms with E-state index in [1.54, 1.807) is 0 Å². The van der Waals surface area contributed by atoms with E-state index in [9.17, 15) is 0 Å². The highest BCUT2D eigenvalue weighted by Gasteiger charge is 2.36. The first-order valence-electron chi connectivity index (χ1n) is 34.6. The molecule has 486 valence electrons. The maximum atomic E-state index is 5.18. The van der Waals surface area contributed by atoms with Crippen LogP contribution in [-0.4, -0.2) is 34.5 Å². The number of rotatable bonds is 19. The third-order valence-corrected chi connectivity index (χ3v) is 19.8. The van der Waals surface area contributed by atoms with Crippen molar-refractivity contribution in [2.45, 2.75) is 32.1 Å². The molecular formula is C95H71N7. The molecule has 0 saturated carbocycles. The van der Waals surface area contributed by atoms with Crippen LogP contribution in [0.2, 0.25) is 0 Å². The van der Waals surface area contributed by atoms with Crippen molar-refractivity contribution in [2.75, 3.05) is 0 Å². The second-order valence-electron chi connectivity index (χ2n) is 26.3. The molecule has 0 fully saturated rings. The summed E-state index contributed by atoms with van der Waals surface area (Å²) in [7, 11) is 0. The number of aryl methyl sites for hydroxylation is 1. The van der Waals surface area contributed by atoms with Crippen LogP contribution in [0.5, 0.6) is 0 Å². The molecular weight excluding hydrogens is 1240 g/mol. The minimum Gasteiger partial charge on any atom is -0.309 e. The maximum Gasteiger partial charge on any atom is 0.164 e. The lowest BCUT2D eigenvalue weighted by atomic mass is 9.81. The number of fused-ring (bicyclic) bond motifs is 6. The second kappa shape index (κ2) is 27.3. The van der Waals surface area contributed by atoms with E-state index in [0.717, 1.165) is 117 Å². The average molecular weight is 1310 g/mol. The van der Waals surface area contributed by atoms with E-state index in [1.807, 2.05) is 140 Å². The lowest BCUT2D eigenvalue weighted by Gasteiger charge is -2.23. The van der Waals surface area contributed by atoms with E-state index >= 15 is 0 Å². The Balaban J connectivity index is 0.839. The van der Waals surface area contributed by atoms with Gasteiger partial charge in [0, 0.05) is 55.3 Å². The van der Waals surface area contributed by atoms with Crippen molar-refractivity contribution >= 4 is 55.7 Å². The normalized spacial score (nSPS) is 12.6. The molecule has 0 atom stereocenters. The molecule has 0 bridgehead atoms. The monoisotopic (exact) mass is 1310 g/mol. The molecule has 0 N–H and O–H groups in total. The van der Waals surface area contributed by atoms with E-state index in [1.165, 1.54) is 33.0 Å². The third kappa shape index (κ3) is 11.9. The lowest BCUT2D eigenvalue weighted by molar-refractivity contribution is 0.661. The van der Waals surface area contributed by atoms with Crippen LogP contribution in [0.4, 0.5) is 0 Å². The molecule has 102 heavy (non-hydrogen) atoms. The Labute approximate surface area is 595 Å². The number of benzene rings is 12. The van der Waals surface area contributed by atoms with Gasteiger partial charge in [-0.3, -0.25) is 0 Å². The quantitative estimate of drug-likeness (QED) is 0.0593. The Morgan fingerprint density at radius 3 is 1.41 bits per heavy atom. The molecule has 3 aromatic heterocycles. The molecule has 15 aromatic rings. The van der Waals surface area contributed by atoms with Crippen LogP contribution in [0, 0.1) is 0 Å². The predicted molar refractivity (Wildman–Crippen MR) is 425 cm³/mol. The number of hydrogen-bond donors (Lipinski definition) is 0. The number of aromatic nitrogens is 7. The molecule has 0 spiro atoms. The van der Waals surface area contributed by atoms with Crippen molar-refractivity contribution in [3.05, 3.63) is 392 Å². The Kier molecular flexibility index (Phi) is 17.0. The van der Waals surface area contributed by atoms with Gasteiger partial charge in [0.05, 0.1) is 11.0 Å². The van der Waals surface area contributed by atoms with Crippen molar-refractivity contribution in [3.8, 4) is 85.1 Å². The molecule has 1 aliphatic rings. The van der Waals surface area contributed by atoms with Crippen molar-refractivity contribution in [1.29, 1.82) is 0 Å². The van der Waals surface area contributed by atoms with Crippen molar-refractivity contribution in [2.24, 2.45) is 0 Å². The van der Waals surface area contributed by atoms with Gasteiger partial charge in [-0.05, 0) is 144 Å². The number of nitrogens with zero attached hydrogens (tertiary/aromatic N) is 7. The van der Waals surface area contributed by atoms with Crippen LogP contribution in [0.25, 0.3) is 141 Å². The number of hydrogen-bond acceptors (Lipinski definition) is 6. The smallest absolute Gasteiger partial charge is 0.164 e. The predicted octanol–water partition coefficient (Wildman–Crippen LogP) is 23.6. The van der Waals surface area contributed by atoms with E-state index in [0.29, 0.717) is 47.8 Å². The molecule has 0 amide bonds. The van der Waals surface area contributed by atoms with Crippen LogP contribution >= 0.6 is 0 Å². The minimum atomic E-state index is -0.175. The highest BCUT2D eigenvalue weighted by atomic mass is 15.0. The van der Waals surface area contributed by atoms with Crippen molar-refractivity contribution in [3.63, 3.8) is 0 Å². The third-order valence-electron chi connectivity index (χ3n) is 19.8. The Bertz CT molecular complexity index is 5730. The molecule has 0 radical (unpaired) electrons. The summed E-state index contributed by atoms with van der Waals surface area (Å²) in [4.78, 5) is 30.7. The summed E-state index contributed by atoms with van der Waals surface area (Å²) >= 11 is 0. The van der Waals surface area contributed by atoms with Gasteiger partial charge in [-0.15, -0.1) is 0 Å². The van der Waals surface area contributed by atoms with Crippen LogP contribution in [-0.2, 0) is 11.8 Å². The summed E-state index contributed by atoms with van der Waals surface area (Å²) in [5.41, 5.74) is 25.4. The van der Waals surface area contributed by atoms with Gasteiger partial charge in [-0.1, -0.05) is 319 Å². The van der Waals surface area contributed by atoms with E-state index < -0.39 is 0 Å². The molecule has 0 saturated heterocycles. The molecule has 16 rings (SSSR count). The minimum absolute atomic E-state index is 0.175. The summed E-state index contributed by atoms with van der Waals surface area (Å²) in [5.74, 6) is 3.52. The van der Waals surface area contributed by atoms with Gasteiger partial charge in [0.25, 0.3) is 0 Å². The van der Waals surface area contributed by atoms with Gasteiger partial charge < -0.3 is 4.57 Å². The lowest BCUT2D eigenvalue weighted by Crippen LogP contribution is -2.14. The van der Waals surface area contributed by atoms with E-state index in [2.05, 4.69) is 220 Å². The molecule has 1 aliphatic carbocycles. The second-order valence-corrected chi connectivity index (χ2v) is 26.3. The zero-order valence-corrected chi connectivity index (χ0v) is 57.0. The average Bonchev–Trinajstić information content (AvgIpc) is 1.55. The molecule has 0 unspecified atom stereocenters. The standard InChI is InChI=1S/C95H71N7/c1-7-74(69-44-30-47-72(58-69)94-100-91(67-40-21-13-22-41-67)97-92(101-94)68-42-23-14-24-43-68)79(56-55-63-33-29-46-71(57-63)93-98-89(65-36-17-11-18-37-65)96-90(99-93)66-38-19-12-20-39-66)78-52-32-51-77(76(78)9-3)62(4)88(64-34-15-10-16-35-64)75(8-2)70-45-31-48-73(59-70)102-86-54-28-26-50-81(86)83-60-82-80-49-25-27-53-84(80)95(5,6)85(82)61-87(83)102/h7-54,57-61H,1-4,55-56H2,5-6H3/b79-74-,88-75-. The van der Waals surface area contributed by atoms with Gasteiger partial charge in [0.1, 0.15) is 0 Å². The Morgan fingerprint density at radius 1 is 0.373 bits per heavy atom. The van der Waals surface area contributed by atoms with Crippen LogP contribution in [0.15, 0.2) is 342 Å². The number of para-hydroxylation sites is 1. The first-order valence-corrected chi connectivity index (χ1v) is 34.6.